The van der Waals surface area contributed by atoms with Crippen LogP contribution in [-0.4, -0.2) is 38.8 Å². The number of aliphatic carboxylic acids is 1. The van der Waals surface area contributed by atoms with Crippen molar-refractivity contribution in [3.63, 3.8) is 0 Å². The van der Waals surface area contributed by atoms with E-state index in [1.165, 1.54) is 0 Å². The van der Waals surface area contributed by atoms with Gasteiger partial charge in [0, 0.05) is 24.7 Å². The van der Waals surface area contributed by atoms with E-state index in [9.17, 15) is 19.8 Å². The van der Waals surface area contributed by atoms with Gasteiger partial charge in [-0.1, -0.05) is 51.2 Å². The Kier molecular flexibility index (Phi) is 10.1. The molecular weight excluding hydrogens is 332 g/mol. The van der Waals surface area contributed by atoms with Crippen molar-refractivity contribution in [1.82, 2.24) is 0 Å². The van der Waals surface area contributed by atoms with Gasteiger partial charge in [-0.05, 0) is 32.6 Å². The number of rotatable bonds is 13. The van der Waals surface area contributed by atoms with Crippen LogP contribution in [0.25, 0.3) is 0 Å². The van der Waals surface area contributed by atoms with Crippen molar-refractivity contribution in [3.8, 4) is 0 Å². The summed E-state index contributed by atoms with van der Waals surface area (Å²) in [6.07, 6.45) is 11.0. The molecule has 4 atom stereocenters. The number of carboxylic acid groups (broad SMARTS) is 1. The molecule has 1 fully saturated rings. The number of hydrogen-bond donors (Lipinski definition) is 3. The highest BCUT2D eigenvalue weighted by molar-refractivity contribution is 5.84. The maximum absolute atomic E-state index is 12.2. The molecule has 0 saturated heterocycles. The van der Waals surface area contributed by atoms with E-state index in [4.69, 9.17) is 5.11 Å². The highest BCUT2D eigenvalue weighted by atomic mass is 16.4. The van der Waals surface area contributed by atoms with E-state index < -0.39 is 17.7 Å². The quantitative estimate of drug-likeness (QED) is 0.339. The van der Waals surface area contributed by atoms with Crippen molar-refractivity contribution in [2.75, 3.05) is 0 Å². The smallest absolute Gasteiger partial charge is 0.303 e. The molecule has 3 N–H and O–H groups in total. The van der Waals surface area contributed by atoms with Gasteiger partial charge in [0.25, 0.3) is 0 Å². The van der Waals surface area contributed by atoms with E-state index in [1.807, 2.05) is 19.1 Å². The molecule has 0 aromatic carbocycles. The second-order valence-corrected chi connectivity index (χ2v) is 8.00. The van der Waals surface area contributed by atoms with Crippen LogP contribution in [0.1, 0.15) is 84.5 Å². The van der Waals surface area contributed by atoms with Crippen molar-refractivity contribution in [2.45, 2.75) is 96.2 Å². The van der Waals surface area contributed by atoms with Crippen molar-refractivity contribution in [2.24, 2.45) is 11.8 Å². The Morgan fingerprint density at radius 3 is 2.58 bits per heavy atom. The predicted octanol–water partition coefficient (Wildman–Crippen LogP) is 3.87. The normalized spacial score (nSPS) is 25.7. The van der Waals surface area contributed by atoms with Crippen molar-refractivity contribution >= 4 is 11.8 Å². The molecule has 0 spiro atoms. The highest BCUT2D eigenvalue weighted by Crippen LogP contribution is 2.34. The number of unbranched alkanes of at least 4 members (excludes halogenated alkanes) is 4. The molecule has 150 valence electrons. The van der Waals surface area contributed by atoms with Gasteiger partial charge in [-0.3, -0.25) is 9.59 Å². The Bertz CT molecular complexity index is 469. The van der Waals surface area contributed by atoms with E-state index in [1.54, 1.807) is 0 Å². The summed E-state index contributed by atoms with van der Waals surface area (Å²) in [6, 6.07) is 0. The van der Waals surface area contributed by atoms with Crippen molar-refractivity contribution < 1.29 is 24.9 Å². The van der Waals surface area contributed by atoms with Gasteiger partial charge < -0.3 is 15.3 Å². The average molecular weight is 369 g/mol. The summed E-state index contributed by atoms with van der Waals surface area (Å²) in [5.74, 6) is -0.959. The Morgan fingerprint density at radius 1 is 1.23 bits per heavy atom. The van der Waals surface area contributed by atoms with Gasteiger partial charge in [0.15, 0.2) is 0 Å². The first-order valence-corrected chi connectivity index (χ1v) is 10.1. The van der Waals surface area contributed by atoms with E-state index in [2.05, 4.69) is 6.92 Å². The van der Waals surface area contributed by atoms with E-state index in [-0.39, 0.29) is 30.5 Å². The number of ketones is 1. The molecule has 5 heteroatoms. The molecule has 0 heterocycles. The molecule has 1 aliphatic rings. The van der Waals surface area contributed by atoms with Gasteiger partial charge in [0.2, 0.25) is 0 Å². The zero-order valence-corrected chi connectivity index (χ0v) is 16.3. The summed E-state index contributed by atoms with van der Waals surface area (Å²) in [5, 5.41) is 29.2. The number of hydrogen-bond acceptors (Lipinski definition) is 4. The standard InChI is InChI=1S/C21H36O5/c1-3-4-13-21(2,26)14-9-11-17-16(18(22)15-19(17)23)10-7-5-6-8-12-20(24)25/h9,11,16-17,19,23,26H,3-8,10,12-15H2,1-2H3,(H,24,25)/b11-9+/t16-,17-,19-,21?/m1/s1. The predicted molar refractivity (Wildman–Crippen MR) is 102 cm³/mol. The molecule has 0 radical (unpaired) electrons. The molecular formula is C21H36O5. The summed E-state index contributed by atoms with van der Waals surface area (Å²) < 4.78 is 0. The molecule has 5 nitrogen and oxygen atoms in total. The molecule has 26 heavy (non-hydrogen) atoms. The summed E-state index contributed by atoms with van der Waals surface area (Å²) in [5.41, 5.74) is -0.736. The monoisotopic (exact) mass is 368 g/mol. The Hall–Kier alpha value is -1.20. The highest BCUT2D eigenvalue weighted by Gasteiger charge is 2.39. The molecule has 0 aromatic rings. The lowest BCUT2D eigenvalue weighted by molar-refractivity contribution is -0.137. The SMILES string of the molecule is CCCCC(C)(O)C/C=C/[C@H]1[C@H](O)CC(=O)[C@@H]1CCCCCCC(=O)O. The summed E-state index contributed by atoms with van der Waals surface area (Å²) in [4.78, 5) is 22.7. The van der Waals surface area contributed by atoms with E-state index >= 15 is 0 Å². The number of carbonyl (C=O) groups is 2. The Balaban J connectivity index is 2.44. The van der Waals surface area contributed by atoms with Crippen molar-refractivity contribution in [3.05, 3.63) is 12.2 Å². The molecule has 1 rings (SSSR count). The lowest BCUT2D eigenvalue weighted by Crippen LogP contribution is -2.23. The van der Waals surface area contributed by atoms with Gasteiger partial charge in [-0.25, -0.2) is 0 Å². The molecule has 1 unspecified atom stereocenters. The van der Waals surface area contributed by atoms with E-state index in [0.29, 0.717) is 12.8 Å². The minimum absolute atomic E-state index is 0.121. The molecule has 1 saturated carbocycles. The summed E-state index contributed by atoms with van der Waals surface area (Å²) in [7, 11) is 0. The number of carbonyl (C=O) groups excluding carboxylic acids is 1. The van der Waals surface area contributed by atoms with Gasteiger partial charge in [-0.15, -0.1) is 0 Å². The van der Waals surface area contributed by atoms with Crippen LogP contribution in [0.3, 0.4) is 0 Å². The Morgan fingerprint density at radius 2 is 1.92 bits per heavy atom. The number of Topliss-reactive ketones (excluding diaryl/α,β-unsaturated/α-hetero) is 1. The first-order valence-electron chi connectivity index (χ1n) is 10.1. The van der Waals surface area contributed by atoms with Crippen LogP contribution in [0.15, 0.2) is 12.2 Å². The molecule has 1 aliphatic carbocycles. The average Bonchev–Trinajstić information content (AvgIpc) is 2.82. The van der Waals surface area contributed by atoms with Gasteiger partial charge in [0.05, 0.1) is 11.7 Å². The van der Waals surface area contributed by atoms with Gasteiger partial charge in [-0.2, -0.15) is 0 Å². The van der Waals surface area contributed by atoms with Crippen LogP contribution >= 0.6 is 0 Å². The molecule has 0 aliphatic heterocycles. The largest absolute Gasteiger partial charge is 0.481 e. The first-order chi connectivity index (χ1) is 12.3. The van der Waals surface area contributed by atoms with Crippen LogP contribution in [-0.2, 0) is 9.59 Å². The number of aliphatic hydroxyl groups is 2. The second-order valence-electron chi connectivity index (χ2n) is 8.00. The Labute approximate surface area is 157 Å². The fourth-order valence-electron chi connectivity index (χ4n) is 3.72. The molecule has 0 aromatic heterocycles. The molecule has 0 bridgehead atoms. The van der Waals surface area contributed by atoms with Crippen LogP contribution in [0.2, 0.25) is 0 Å². The van der Waals surface area contributed by atoms with Crippen LogP contribution in [0.4, 0.5) is 0 Å². The zero-order valence-electron chi connectivity index (χ0n) is 16.3. The lowest BCUT2D eigenvalue weighted by atomic mass is 9.87. The van der Waals surface area contributed by atoms with Crippen molar-refractivity contribution in [1.29, 1.82) is 0 Å². The number of aliphatic hydroxyl groups excluding tert-OH is 1. The van der Waals surface area contributed by atoms with Crippen LogP contribution in [0.5, 0.6) is 0 Å². The third-order valence-corrected chi connectivity index (χ3v) is 5.37. The van der Waals surface area contributed by atoms with Crippen LogP contribution < -0.4 is 0 Å². The third-order valence-electron chi connectivity index (χ3n) is 5.37. The lowest BCUT2D eigenvalue weighted by Gasteiger charge is -2.22. The van der Waals surface area contributed by atoms with Crippen LogP contribution in [0, 0.1) is 11.8 Å². The van der Waals surface area contributed by atoms with Gasteiger partial charge in [0.1, 0.15) is 5.78 Å². The van der Waals surface area contributed by atoms with E-state index in [0.717, 1.165) is 44.9 Å². The first kappa shape index (κ1) is 22.8. The maximum Gasteiger partial charge on any atom is 0.303 e. The fourth-order valence-corrected chi connectivity index (χ4v) is 3.72. The fraction of sp³-hybridized carbons (Fsp3) is 0.810. The maximum atomic E-state index is 12.2. The second kappa shape index (κ2) is 11.5. The minimum atomic E-state index is -0.765. The summed E-state index contributed by atoms with van der Waals surface area (Å²) in [6.45, 7) is 3.93. The minimum Gasteiger partial charge on any atom is -0.481 e. The number of carboxylic acids is 1. The third kappa shape index (κ3) is 8.45. The van der Waals surface area contributed by atoms with Gasteiger partial charge >= 0.3 is 5.97 Å². The summed E-state index contributed by atoms with van der Waals surface area (Å²) >= 11 is 0. The molecule has 0 amide bonds. The zero-order chi connectivity index (χ0) is 19.6. The topological polar surface area (TPSA) is 94.8 Å².